The number of pyridine rings is 1. The molecule has 2 aromatic heterocycles. The number of morpholine rings is 1. The summed E-state index contributed by atoms with van der Waals surface area (Å²) in [7, 11) is 0. The van der Waals surface area contributed by atoms with Crippen molar-refractivity contribution in [3.63, 3.8) is 0 Å². The maximum absolute atomic E-state index is 12.1. The number of aromatic nitrogens is 2. The van der Waals surface area contributed by atoms with Crippen LogP contribution in [0.5, 0.6) is 0 Å². The Balaban J connectivity index is 1.56. The Morgan fingerprint density at radius 2 is 1.88 bits per heavy atom. The second kappa shape index (κ2) is 7.23. The Bertz CT molecular complexity index is 727. The van der Waals surface area contributed by atoms with Crippen molar-refractivity contribution in [1.82, 2.24) is 15.8 Å². The molecule has 0 saturated carbocycles. The predicted molar refractivity (Wildman–Crippen MR) is 85.5 cm³/mol. The highest BCUT2D eigenvalue weighted by molar-refractivity contribution is 7.13. The van der Waals surface area contributed by atoms with E-state index < -0.39 is 11.8 Å². The van der Waals surface area contributed by atoms with E-state index in [4.69, 9.17) is 4.74 Å². The highest BCUT2D eigenvalue weighted by Crippen LogP contribution is 2.21. The van der Waals surface area contributed by atoms with Crippen LogP contribution in [-0.4, -0.2) is 43.1 Å². The fourth-order valence-corrected chi connectivity index (χ4v) is 2.94. The average Bonchev–Trinajstić information content (AvgIpc) is 3.11. The van der Waals surface area contributed by atoms with Crippen LogP contribution in [0.1, 0.15) is 20.8 Å². The molecule has 0 bridgehead atoms. The van der Waals surface area contributed by atoms with Gasteiger partial charge in [0.05, 0.1) is 18.8 Å². The first kappa shape index (κ1) is 16.1. The third-order valence-electron chi connectivity index (χ3n) is 3.36. The standard InChI is InChI=1S/C14H15N5O4S/c20-12(10-1-3-19(22)4-2-10)16-17-13(21)11-9-24-14(15-11)18-5-7-23-8-6-18/h1-4,9H,5-8H2,(H,16,20)(H,17,21). The summed E-state index contributed by atoms with van der Waals surface area (Å²) < 4.78 is 5.84. The molecule has 1 saturated heterocycles. The molecule has 1 aliphatic rings. The summed E-state index contributed by atoms with van der Waals surface area (Å²) in [6.07, 6.45) is 2.40. The molecule has 0 unspecified atom stereocenters. The predicted octanol–water partition coefficient (Wildman–Crippen LogP) is -0.312. The van der Waals surface area contributed by atoms with Gasteiger partial charge in [-0.05, 0) is 0 Å². The monoisotopic (exact) mass is 349 g/mol. The summed E-state index contributed by atoms with van der Waals surface area (Å²) >= 11 is 1.36. The number of carbonyl (C=O) groups excluding carboxylic acids is 2. The lowest BCUT2D eigenvalue weighted by Gasteiger charge is -2.25. The van der Waals surface area contributed by atoms with Crippen LogP contribution < -0.4 is 20.5 Å². The molecule has 9 nitrogen and oxygen atoms in total. The van der Waals surface area contributed by atoms with Crippen molar-refractivity contribution < 1.29 is 19.1 Å². The van der Waals surface area contributed by atoms with Crippen molar-refractivity contribution >= 4 is 28.3 Å². The van der Waals surface area contributed by atoms with Crippen molar-refractivity contribution in [2.75, 3.05) is 31.2 Å². The number of amides is 2. The van der Waals surface area contributed by atoms with Gasteiger partial charge in [-0.1, -0.05) is 0 Å². The van der Waals surface area contributed by atoms with Crippen LogP contribution in [0.3, 0.4) is 0 Å². The average molecular weight is 349 g/mol. The number of nitrogens with one attached hydrogen (secondary N) is 2. The second-order valence-corrected chi connectivity index (χ2v) is 5.81. The van der Waals surface area contributed by atoms with Gasteiger partial charge in [0.25, 0.3) is 11.8 Å². The lowest BCUT2D eigenvalue weighted by Crippen LogP contribution is -2.42. The van der Waals surface area contributed by atoms with E-state index in [9.17, 15) is 14.8 Å². The maximum Gasteiger partial charge on any atom is 0.289 e. The molecule has 0 aromatic carbocycles. The number of hydrogen-bond donors (Lipinski definition) is 2. The van der Waals surface area contributed by atoms with Crippen LogP contribution in [0.25, 0.3) is 0 Å². The van der Waals surface area contributed by atoms with Crippen LogP contribution in [0.15, 0.2) is 29.9 Å². The SMILES string of the molecule is O=C(NNC(=O)c1csc(N2CCOCC2)n1)c1cc[n+]([O-])cc1. The summed E-state index contributed by atoms with van der Waals surface area (Å²) in [4.78, 5) is 30.2. The summed E-state index contributed by atoms with van der Waals surface area (Å²) in [5.41, 5.74) is 5.08. The van der Waals surface area contributed by atoms with E-state index in [0.717, 1.165) is 18.2 Å². The lowest BCUT2D eigenvalue weighted by atomic mass is 10.2. The minimum atomic E-state index is -0.521. The van der Waals surface area contributed by atoms with Gasteiger partial charge in [0.1, 0.15) is 5.69 Å². The number of ether oxygens (including phenoxy) is 1. The first-order chi connectivity index (χ1) is 11.6. The van der Waals surface area contributed by atoms with E-state index >= 15 is 0 Å². The molecule has 1 aliphatic heterocycles. The molecule has 2 amide bonds. The number of thiazole rings is 1. The quantitative estimate of drug-likeness (QED) is 0.447. The Morgan fingerprint density at radius 3 is 2.58 bits per heavy atom. The van der Waals surface area contributed by atoms with E-state index in [1.165, 1.54) is 35.9 Å². The van der Waals surface area contributed by atoms with Crippen LogP contribution in [0.4, 0.5) is 5.13 Å². The molecule has 2 N–H and O–H groups in total. The molecule has 0 spiro atoms. The van der Waals surface area contributed by atoms with Gasteiger partial charge in [-0.2, -0.15) is 4.73 Å². The van der Waals surface area contributed by atoms with Crippen molar-refractivity contribution in [2.24, 2.45) is 0 Å². The van der Waals surface area contributed by atoms with Crippen LogP contribution >= 0.6 is 11.3 Å². The largest absolute Gasteiger partial charge is 0.619 e. The van der Waals surface area contributed by atoms with Gasteiger partial charge in [0, 0.05) is 30.6 Å². The number of carbonyl (C=O) groups is 2. The van der Waals surface area contributed by atoms with E-state index in [1.54, 1.807) is 5.38 Å². The smallest absolute Gasteiger partial charge is 0.289 e. The van der Waals surface area contributed by atoms with Gasteiger partial charge in [-0.15, -0.1) is 11.3 Å². The third kappa shape index (κ3) is 3.78. The van der Waals surface area contributed by atoms with Crippen molar-refractivity contribution in [2.45, 2.75) is 0 Å². The Hall–Kier alpha value is -2.72. The first-order valence-corrected chi connectivity index (χ1v) is 8.09. The van der Waals surface area contributed by atoms with Crippen LogP contribution in [-0.2, 0) is 4.74 Å². The van der Waals surface area contributed by atoms with Crippen molar-refractivity contribution in [3.8, 4) is 0 Å². The van der Waals surface area contributed by atoms with Gasteiger partial charge < -0.3 is 14.8 Å². The summed E-state index contributed by atoms with van der Waals surface area (Å²) in [5.74, 6) is -1.03. The molecule has 126 valence electrons. The minimum Gasteiger partial charge on any atom is -0.619 e. The maximum atomic E-state index is 12.1. The number of hydrazine groups is 1. The van der Waals surface area contributed by atoms with E-state index in [0.29, 0.717) is 17.9 Å². The van der Waals surface area contributed by atoms with Crippen LogP contribution in [0.2, 0.25) is 0 Å². The molecule has 2 aromatic rings. The third-order valence-corrected chi connectivity index (χ3v) is 4.26. The first-order valence-electron chi connectivity index (χ1n) is 7.21. The zero-order valence-electron chi connectivity index (χ0n) is 12.6. The van der Waals surface area contributed by atoms with Crippen LogP contribution in [0, 0.1) is 5.21 Å². The van der Waals surface area contributed by atoms with Gasteiger partial charge >= 0.3 is 0 Å². The topological polar surface area (TPSA) is 110 Å². The molecule has 24 heavy (non-hydrogen) atoms. The number of anilines is 1. The normalized spacial score (nSPS) is 14.2. The summed E-state index contributed by atoms with van der Waals surface area (Å²) in [6.45, 7) is 2.74. The molecule has 3 rings (SSSR count). The molecule has 0 aliphatic carbocycles. The van der Waals surface area contributed by atoms with Gasteiger partial charge in [-0.25, -0.2) is 4.98 Å². The molecule has 10 heteroatoms. The number of rotatable bonds is 3. The Morgan fingerprint density at radius 1 is 1.21 bits per heavy atom. The lowest BCUT2D eigenvalue weighted by molar-refractivity contribution is -0.605. The molecule has 3 heterocycles. The van der Waals surface area contributed by atoms with Gasteiger partial charge in [0.15, 0.2) is 17.5 Å². The minimum absolute atomic E-state index is 0.229. The summed E-state index contributed by atoms with van der Waals surface area (Å²) in [6, 6.07) is 2.71. The van der Waals surface area contributed by atoms with E-state index in [-0.39, 0.29) is 11.3 Å². The van der Waals surface area contributed by atoms with Crippen molar-refractivity contribution in [3.05, 3.63) is 46.4 Å². The fraction of sp³-hybridized carbons (Fsp3) is 0.286. The fourth-order valence-electron chi connectivity index (χ4n) is 2.08. The molecule has 1 fully saturated rings. The van der Waals surface area contributed by atoms with Crippen molar-refractivity contribution in [1.29, 1.82) is 0 Å². The summed E-state index contributed by atoms with van der Waals surface area (Å²) in [5, 5.41) is 13.3. The zero-order chi connectivity index (χ0) is 16.9. The molecular weight excluding hydrogens is 334 g/mol. The highest BCUT2D eigenvalue weighted by Gasteiger charge is 2.18. The molecule has 0 radical (unpaired) electrons. The zero-order valence-corrected chi connectivity index (χ0v) is 13.4. The number of hydrogen-bond acceptors (Lipinski definition) is 7. The highest BCUT2D eigenvalue weighted by atomic mass is 32.1. The molecular formula is C14H15N5O4S. The van der Waals surface area contributed by atoms with E-state index in [2.05, 4.69) is 15.8 Å². The Labute approximate surface area is 141 Å². The van der Waals surface area contributed by atoms with Gasteiger partial charge in [0.2, 0.25) is 0 Å². The Kier molecular flexibility index (Phi) is 4.87. The van der Waals surface area contributed by atoms with Gasteiger partial charge in [-0.3, -0.25) is 20.4 Å². The number of nitrogens with zero attached hydrogens (tertiary/aromatic N) is 3. The second-order valence-electron chi connectivity index (χ2n) is 4.97. The molecule has 0 atom stereocenters. The van der Waals surface area contributed by atoms with E-state index in [1.807, 2.05) is 4.90 Å².